The molecule has 0 spiro atoms. The maximum absolute atomic E-state index is 10.4. The second-order valence-corrected chi connectivity index (χ2v) is 4.98. The van der Waals surface area contributed by atoms with Gasteiger partial charge in [-0.25, -0.2) is 0 Å². The van der Waals surface area contributed by atoms with Crippen LogP contribution in [0.2, 0.25) is 0 Å². The first kappa shape index (κ1) is 13.4. The Morgan fingerprint density at radius 3 is 2.94 bits per heavy atom. The normalized spacial score (nSPS) is 21.6. The van der Waals surface area contributed by atoms with Gasteiger partial charge in [0.15, 0.2) is 0 Å². The highest BCUT2D eigenvalue weighted by atomic mass is 16.5. The van der Waals surface area contributed by atoms with Crippen molar-refractivity contribution in [1.82, 2.24) is 5.32 Å². The van der Waals surface area contributed by atoms with Crippen molar-refractivity contribution < 1.29 is 9.84 Å². The van der Waals surface area contributed by atoms with E-state index >= 15 is 0 Å². The van der Waals surface area contributed by atoms with E-state index in [1.165, 1.54) is 0 Å². The van der Waals surface area contributed by atoms with Gasteiger partial charge in [0, 0.05) is 12.5 Å². The van der Waals surface area contributed by atoms with E-state index in [9.17, 15) is 5.11 Å². The zero-order valence-corrected chi connectivity index (χ0v) is 11.3. The van der Waals surface area contributed by atoms with Gasteiger partial charge in [-0.3, -0.25) is 0 Å². The molecular formula is C15H23NO2. The first-order chi connectivity index (χ1) is 8.76. The molecule has 1 fully saturated rings. The molecule has 1 heterocycles. The minimum Gasteiger partial charge on any atom is -0.496 e. The smallest absolute Gasteiger partial charge is 0.122 e. The molecule has 2 rings (SSSR count). The summed E-state index contributed by atoms with van der Waals surface area (Å²) in [7, 11) is 1.69. The number of rotatable bonds is 4. The molecule has 100 valence electrons. The number of hydrogen-bond donors (Lipinski definition) is 2. The molecule has 0 aromatic heterocycles. The highest BCUT2D eigenvalue weighted by molar-refractivity contribution is 5.38. The van der Waals surface area contributed by atoms with E-state index < -0.39 is 0 Å². The van der Waals surface area contributed by atoms with E-state index in [1.807, 2.05) is 12.1 Å². The summed E-state index contributed by atoms with van der Waals surface area (Å²) in [6, 6.07) is 6.03. The van der Waals surface area contributed by atoms with Gasteiger partial charge in [0.25, 0.3) is 0 Å². The van der Waals surface area contributed by atoms with E-state index in [-0.39, 0.29) is 6.10 Å². The predicted molar refractivity (Wildman–Crippen MR) is 72.9 cm³/mol. The molecule has 1 aromatic carbocycles. The van der Waals surface area contributed by atoms with Crippen LogP contribution >= 0.6 is 0 Å². The van der Waals surface area contributed by atoms with Gasteiger partial charge in [-0.15, -0.1) is 0 Å². The van der Waals surface area contributed by atoms with Crippen LogP contribution in [0.3, 0.4) is 0 Å². The fourth-order valence-electron chi connectivity index (χ4n) is 2.68. The Morgan fingerprint density at radius 1 is 1.50 bits per heavy atom. The van der Waals surface area contributed by atoms with Crippen molar-refractivity contribution in [3.63, 3.8) is 0 Å². The lowest BCUT2D eigenvalue weighted by atomic mass is 9.88. The van der Waals surface area contributed by atoms with Gasteiger partial charge < -0.3 is 15.2 Å². The summed E-state index contributed by atoms with van der Waals surface area (Å²) in [6.45, 7) is 4.09. The average Bonchev–Trinajstić information content (AvgIpc) is 2.46. The fraction of sp³-hybridized carbons (Fsp3) is 0.600. The van der Waals surface area contributed by atoms with Gasteiger partial charge in [0.05, 0.1) is 13.2 Å². The molecule has 1 aromatic rings. The van der Waals surface area contributed by atoms with Gasteiger partial charge in [0.2, 0.25) is 0 Å². The van der Waals surface area contributed by atoms with E-state index in [0.29, 0.717) is 5.92 Å². The van der Waals surface area contributed by atoms with Crippen LogP contribution < -0.4 is 10.1 Å². The number of nitrogens with one attached hydrogen (secondary N) is 1. The topological polar surface area (TPSA) is 41.5 Å². The molecule has 18 heavy (non-hydrogen) atoms. The van der Waals surface area contributed by atoms with Gasteiger partial charge in [0.1, 0.15) is 5.75 Å². The van der Waals surface area contributed by atoms with Crippen molar-refractivity contribution >= 4 is 0 Å². The molecule has 3 nitrogen and oxygen atoms in total. The zero-order valence-electron chi connectivity index (χ0n) is 11.3. The number of aliphatic hydroxyl groups excluding tert-OH is 1. The number of aryl methyl sites for hydroxylation is 1. The van der Waals surface area contributed by atoms with Gasteiger partial charge in [-0.05, 0) is 49.1 Å². The van der Waals surface area contributed by atoms with Crippen LogP contribution in [-0.4, -0.2) is 25.3 Å². The summed E-state index contributed by atoms with van der Waals surface area (Å²) >= 11 is 0. The van der Waals surface area contributed by atoms with Crippen LogP contribution in [0.5, 0.6) is 5.75 Å². The molecule has 0 bridgehead atoms. The summed E-state index contributed by atoms with van der Waals surface area (Å²) in [5, 5.41) is 13.8. The summed E-state index contributed by atoms with van der Waals surface area (Å²) in [4.78, 5) is 0. The highest BCUT2D eigenvalue weighted by Gasteiger charge is 2.23. The monoisotopic (exact) mass is 249 g/mol. The first-order valence-electron chi connectivity index (χ1n) is 6.81. The lowest BCUT2D eigenvalue weighted by Crippen LogP contribution is -2.33. The fourth-order valence-corrected chi connectivity index (χ4v) is 2.68. The molecule has 0 saturated carbocycles. The summed E-state index contributed by atoms with van der Waals surface area (Å²) < 4.78 is 5.32. The second kappa shape index (κ2) is 6.21. The van der Waals surface area contributed by atoms with Crippen molar-refractivity contribution in [3.05, 3.63) is 29.3 Å². The lowest BCUT2D eigenvalue weighted by Gasteiger charge is -2.28. The Morgan fingerprint density at radius 2 is 2.33 bits per heavy atom. The molecule has 2 unspecified atom stereocenters. The zero-order chi connectivity index (χ0) is 13.0. The third-order valence-electron chi connectivity index (χ3n) is 3.81. The molecule has 1 aliphatic heterocycles. The van der Waals surface area contributed by atoms with Crippen LogP contribution in [0.4, 0.5) is 0 Å². The molecular weight excluding hydrogens is 226 g/mol. The Balaban J connectivity index is 2.16. The maximum atomic E-state index is 10.4. The summed E-state index contributed by atoms with van der Waals surface area (Å²) in [6.07, 6.45) is 2.81. The van der Waals surface area contributed by atoms with Crippen LogP contribution in [0.25, 0.3) is 0 Å². The SMILES string of the molecule is CCc1cc(C(O)C2CCCNC2)ccc1OC. The van der Waals surface area contributed by atoms with Crippen LogP contribution in [0.15, 0.2) is 18.2 Å². The Kier molecular flexibility index (Phi) is 4.61. The highest BCUT2D eigenvalue weighted by Crippen LogP contribution is 2.30. The van der Waals surface area contributed by atoms with Crippen LogP contribution in [-0.2, 0) is 6.42 Å². The minimum absolute atomic E-state index is 0.330. The predicted octanol–water partition coefficient (Wildman–Crippen LogP) is 2.29. The van der Waals surface area contributed by atoms with E-state index in [0.717, 1.165) is 49.2 Å². The van der Waals surface area contributed by atoms with Crippen molar-refractivity contribution in [2.24, 2.45) is 5.92 Å². The number of methoxy groups -OCH3 is 1. The molecule has 0 aliphatic carbocycles. The minimum atomic E-state index is -0.367. The van der Waals surface area contributed by atoms with E-state index in [1.54, 1.807) is 7.11 Å². The maximum Gasteiger partial charge on any atom is 0.122 e. The van der Waals surface area contributed by atoms with Crippen molar-refractivity contribution in [1.29, 1.82) is 0 Å². The molecule has 2 N–H and O–H groups in total. The first-order valence-corrected chi connectivity index (χ1v) is 6.81. The lowest BCUT2D eigenvalue weighted by molar-refractivity contribution is 0.0920. The van der Waals surface area contributed by atoms with Crippen LogP contribution in [0.1, 0.15) is 37.0 Å². The third kappa shape index (κ3) is 2.85. The van der Waals surface area contributed by atoms with Gasteiger partial charge >= 0.3 is 0 Å². The quantitative estimate of drug-likeness (QED) is 0.860. The molecule has 1 saturated heterocycles. The van der Waals surface area contributed by atoms with Gasteiger partial charge in [-0.2, -0.15) is 0 Å². The van der Waals surface area contributed by atoms with Crippen molar-refractivity contribution in [2.45, 2.75) is 32.3 Å². The molecule has 0 amide bonds. The van der Waals surface area contributed by atoms with E-state index in [2.05, 4.69) is 18.3 Å². The Labute approximate surface area is 109 Å². The summed E-state index contributed by atoms with van der Waals surface area (Å²) in [5.41, 5.74) is 2.18. The van der Waals surface area contributed by atoms with Crippen molar-refractivity contribution in [2.75, 3.05) is 20.2 Å². The number of aliphatic hydroxyl groups is 1. The Hall–Kier alpha value is -1.06. The van der Waals surface area contributed by atoms with E-state index in [4.69, 9.17) is 4.74 Å². The number of ether oxygens (including phenoxy) is 1. The Bertz CT molecular complexity index is 386. The second-order valence-electron chi connectivity index (χ2n) is 4.98. The van der Waals surface area contributed by atoms with Gasteiger partial charge in [-0.1, -0.05) is 13.0 Å². The largest absolute Gasteiger partial charge is 0.496 e. The average molecular weight is 249 g/mol. The number of hydrogen-bond acceptors (Lipinski definition) is 3. The van der Waals surface area contributed by atoms with Crippen LogP contribution in [0, 0.1) is 5.92 Å². The molecule has 3 heteroatoms. The number of benzene rings is 1. The molecule has 1 aliphatic rings. The number of piperidine rings is 1. The molecule has 0 radical (unpaired) electrons. The summed E-state index contributed by atoms with van der Waals surface area (Å²) in [5.74, 6) is 1.24. The standard InChI is InChI=1S/C15H23NO2/c1-3-11-9-12(6-7-14(11)18-2)15(17)13-5-4-8-16-10-13/h6-7,9,13,15-17H,3-5,8,10H2,1-2H3. The molecule has 2 atom stereocenters. The third-order valence-corrected chi connectivity index (χ3v) is 3.81. The van der Waals surface area contributed by atoms with Crippen molar-refractivity contribution in [3.8, 4) is 5.75 Å².